The van der Waals surface area contributed by atoms with Crippen molar-refractivity contribution in [3.63, 3.8) is 0 Å². The van der Waals surface area contributed by atoms with E-state index in [1.54, 1.807) is 0 Å². The third-order valence-electron chi connectivity index (χ3n) is 1.20. The number of rotatable bonds is 0. The minimum atomic E-state index is 1.06. The molecule has 0 aliphatic rings. The quantitative estimate of drug-likeness (QED) is 0.395. The molecule has 56 valence electrons. The Balaban J connectivity index is 2.75. The fourth-order valence-electron chi connectivity index (χ4n) is 0.698. The van der Waals surface area contributed by atoms with Crippen LogP contribution in [0.3, 0.4) is 0 Å². The van der Waals surface area contributed by atoms with E-state index in [-0.39, 0.29) is 0 Å². The van der Waals surface area contributed by atoms with E-state index < -0.39 is 0 Å². The molecule has 0 atom stereocenters. The Morgan fingerprint density at radius 3 is 2.27 bits per heavy atom. The van der Waals surface area contributed by atoms with Gasteiger partial charge in [0.2, 0.25) is 0 Å². The highest BCUT2D eigenvalue weighted by atomic mass is 15.0. The summed E-state index contributed by atoms with van der Waals surface area (Å²) in [6.45, 7) is 0. The normalized spacial score (nSPS) is 8.18. The summed E-state index contributed by atoms with van der Waals surface area (Å²) in [6, 6.07) is 12.9. The molecular weight excluding hydrogens is 134 g/mol. The van der Waals surface area contributed by atoms with Gasteiger partial charge < -0.3 is 4.90 Å². The third-order valence-corrected chi connectivity index (χ3v) is 1.20. The highest BCUT2D eigenvalue weighted by Gasteiger charge is 1.80. The van der Waals surface area contributed by atoms with Gasteiger partial charge in [0, 0.05) is 25.7 Å². The maximum absolute atomic E-state index is 3.02. The van der Waals surface area contributed by atoms with Crippen molar-refractivity contribution >= 4 is 0 Å². The van der Waals surface area contributed by atoms with Gasteiger partial charge >= 0.3 is 0 Å². The van der Waals surface area contributed by atoms with Crippen LogP contribution in [0.2, 0.25) is 0 Å². The number of benzene rings is 1. The molecule has 0 heterocycles. The van der Waals surface area contributed by atoms with Crippen LogP contribution in [0, 0.1) is 12.0 Å². The molecule has 0 aliphatic heterocycles. The minimum Gasteiger partial charge on any atom is -0.338 e. The fraction of sp³-hybridized carbons (Fsp3) is 0.200. The summed E-state index contributed by atoms with van der Waals surface area (Å²) in [7, 11) is 3.85. The Labute approximate surface area is 67.7 Å². The highest BCUT2D eigenvalue weighted by Crippen LogP contribution is 1.94. The smallest absolute Gasteiger partial charge is 0.0263 e. The van der Waals surface area contributed by atoms with Crippen LogP contribution in [0.4, 0.5) is 0 Å². The molecule has 0 aliphatic carbocycles. The van der Waals surface area contributed by atoms with Crippen molar-refractivity contribution in [2.75, 3.05) is 14.1 Å². The molecule has 0 aromatic heterocycles. The maximum Gasteiger partial charge on any atom is 0.0263 e. The SMILES string of the molecule is CN(C)C#Cc1ccccc1. The Morgan fingerprint density at radius 1 is 1.09 bits per heavy atom. The van der Waals surface area contributed by atoms with Crippen LogP contribution in [0.15, 0.2) is 30.3 Å². The molecule has 0 saturated carbocycles. The van der Waals surface area contributed by atoms with Gasteiger partial charge in [0.25, 0.3) is 0 Å². The highest BCUT2D eigenvalue weighted by molar-refractivity contribution is 5.32. The van der Waals surface area contributed by atoms with Gasteiger partial charge in [-0.25, -0.2) is 0 Å². The van der Waals surface area contributed by atoms with Crippen LogP contribution >= 0.6 is 0 Å². The summed E-state index contributed by atoms with van der Waals surface area (Å²) in [6.07, 6.45) is 0. The summed E-state index contributed by atoms with van der Waals surface area (Å²) in [5.41, 5.74) is 1.06. The van der Waals surface area contributed by atoms with Gasteiger partial charge in [-0.3, -0.25) is 0 Å². The van der Waals surface area contributed by atoms with Crippen molar-refractivity contribution in [1.29, 1.82) is 0 Å². The van der Waals surface area contributed by atoms with Crippen molar-refractivity contribution < 1.29 is 0 Å². The first-order valence-electron chi connectivity index (χ1n) is 3.53. The van der Waals surface area contributed by atoms with Crippen LogP contribution in [-0.4, -0.2) is 19.0 Å². The second-order valence-corrected chi connectivity index (χ2v) is 2.50. The molecule has 1 rings (SSSR count). The number of hydrogen-bond acceptors (Lipinski definition) is 1. The summed E-state index contributed by atoms with van der Waals surface area (Å²) in [5, 5.41) is 0. The molecule has 0 unspecified atom stereocenters. The van der Waals surface area contributed by atoms with E-state index in [9.17, 15) is 0 Å². The Morgan fingerprint density at radius 2 is 1.73 bits per heavy atom. The van der Waals surface area contributed by atoms with Crippen molar-refractivity contribution in [3.8, 4) is 12.0 Å². The third kappa shape index (κ3) is 2.77. The average molecular weight is 145 g/mol. The van der Waals surface area contributed by atoms with Gasteiger partial charge in [-0.2, -0.15) is 0 Å². The first-order chi connectivity index (χ1) is 5.29. The first kappa shape index (κ1) is 7.68. The van der Waals surface area contributed by atoms with Gasteiger partial charge in [0.1, 0.15) is 0 Å². The van der Waals surface area contributed by atoms with Gasteiger partial charge in [-0.15, -0.1) is 0 Å². The second-order valence-electron chi connectivity index (χ2n) is 2.50. The van der Waals surface area contributed by atoms with E-state index in [1.807, 2.05) is 49.3 Å². The average Bonchev–Trinajstić information content (AvgIpc) is 2.03. The fourth-order valence-corrected chi connectivity index (χ4v) is 0.698. The lowest BCUT2D eigenvalue weighted by molar-refractivity contribution is 0.597. The zero-order chi connectivity index (χ0) is 8.10. The summed E-state index contributed by atoms with van der Waals surface area (Å²) >= 11 is 0. The maximum atomic E-state index is 3.02. The molecule has 1 aromatic carbocycles. The lowest BCUT2D eigenvalue weighted by Gasteiger charge is -1.96. The monoisotopic (exact) mass is 145 g/mol. The molecule has 0 spiro atoms. The lowest BCUT2D eigenvalue weighted by atomic mass is 10.2. The molecule has 11 heavy (non-hydrogen) atoms. The minimum absolute atomic E-state index is 1.06. The van der Waals surface area contributed by atoms with Crippen molar-refractivity contribution in [1.82, 2.24) is 4.90 Å². The van der Waals surface area contributed by atoms with Crippen molar-refractivity contribution in [2.45, 2.75) is 0 Å². The van der Waals surface area contributed by atoms with E-state index in [4.69, 9.17) is 0 Å². The molecule has 0 fully saturated rings. The predicted octanol–water partition coefficient (Wildman–Crippen LogP) is 1.56. The Bertz CT molecular complexity index is 264. The van der Waals surface area contributed by atoms with Crippen LogP contribution in [0.25, 0.3) is 0 Å². The van der Waals surface area contributed by atoms with E-state index in [2.05, 4.69) is 12.0 Å². The van der Waals surface area contributed by atoms with Crippen LogP contribution in [-0.2, 0) is 0 Å². The molecular formula is C10H11N. The Hall–Kier alpha value is -1.42. The van der Waals surface area contributed by atoms with Gasteiger partial charge in [-0.05, 0) is 18.1 Å². The van der Waals surface area contributed by atoms with Gasteiger partial charge in [-0.1, -0.05) is 18.2 Å². The Kier molecular flexibility index (Phi) is 2.57. The van der Waals surface area contributed by atoms with Crippen molar-refractivity contribution in [2.24, 2.45) is 0 Å². The summed E-state index contributed by atoms with van der Waals surface area (Å²) in [4.78, 5) is 1.84. The summed E-state index contributed by atoms with van der Waals surface area (Å²) in [5.74, 6) is 3.02. The van der Waals surface area contributed by atoms with Crippen LogP contribution in [0.5, 0.6) is 0 Å². The zero-order valence-corrected chi connectivity index (χ0v) is 6.83. The standard InChI is InChI=1S/C10H11N/c1-11(2)9-8-10-6-4-3-5-7-10/h3-7H,1-2H3. The molecule has 0 bridgehead atoms. The van der Waals surface area contributed by atoms with E-state index in [0.717, 1.165) is 5.56 Å². The van der Waals surface area contributed by atoms with Crippen molar-refractivity contribution in [3.05, 3.63) is 35.9 Å². The van der Waals surface area contributed by atoms with Crippen LogP contribution in [0.1, 0.15) is 5.56 Å². The predicted molar refractivity (Wildman–Crippen MR) is 47.0 cm³/mol. The number of nitrogens with zero attached hydrogens (tertiary/aromatic N) is 1. The second kappa shape index (κ2) is 3.68. The zero-order valence-electron chi connectivity index (χ0n) is 6.83. The molecule has 1 aromatic rings. The summed E-state index contributed by atoms with van der Waals surface area (Å²) < 4.78 is 0. The molecule has 0 saturated heterocycles. The molecule has 0 amide bonds. The molecule has 1 nitrogen and oxygen atoms in total. The first-order valence-corrected chi connectivity index (χ1v) is 3.53. The molecule has 0 N–H and O–H groups in total. The topological polar surface area (TPSA) is 3.24 Å². The molecule has 0 radical (unpaired) electrons. The lowest BCUT2D eigenvalue weighted by Crippen LogP contribution is -2.00. The van der Waals surface area contributed by atoms with Crippen LogP contribution < -0.4 is 0 Å². The number of hydrogen-bond donors (Lipinski definition) is 0. The van der Waals surface area contributed by atoms with E-state index in [1.165, 1.54) is 0 Å². The van der Waals surface area contributed by atoms with Gasteiger partial charge in [0.15, 0.2) is 0 Å². The van der Waals surface area contributed by atoms with E-state index >= 15 is 0 Å². The largest absolute Gasteiger partial charge is 0.338 e. The molecule has 1 heteroatoms. The van der Waals surface area contributed by atoms with E-state index in [0.29, 0.717) is 0 Å². The van der Waals surface area contributed by atoms with Gasteiger partial charge in [0.05, 0.1) is 0 Å².